The molecule has 1 heterocycles. The van der Waals surface area contributed by atoms with Gasteiger partial charge in [-0.1, -0.05) is 38.0 Å². The van der Waals surface area contributed by atoms with Gasteiger partial charge in [0.15, 0.2) is 0 Å². The van der Waals surface area contributed by atoms with Gasteiger partial charge in [-0.3, -0.25) is 4.90 Å². The Hall–Kier alpha value is -0.470. The number of hydrogen-bond acceptors (Lipinski definition) is 2. The molecule has 0 aromatic heterocycles. The number of rotatable bonds is 6. The van der Waals surface area contributed by atoms with Crippen LogP contribution in [0.2, 0.25) is 0 Å². The molecule has 0 spiro atoms. The van der Waals surface area contributed by atoms with Crippen molar-refractivity contribution in [2.75, 3.05) is 13.1 Å². The summed E-state index contributed by atoms with van der Waals surface area (Å²) in [7, 11) is 0. The Labute approximate surface area is 110 Å². The van der Waals surface area contributed by atoms with E-state index < -0.39 is 0 Å². The van der Waals surface area contributed by atoms with Gasteiger partial charge in [0.1, 0.15) is 0 Å². The number of likely N-dealkylation sites (tertiary alicyclic amines) is 1. The Morgan fingerprint density at radius 2 is 1.88 bits per heavy atom. The summed E-state index contributed by atoms with van der Waals surface area (Å²) in [6.45, 7) is 4.89. The van der Waals surface area contributed by atoms with E-state index in [0.29, 0.717) is 5.37 Å². The van der Waals surface area contributed by atoms with Gasteiger partial charge in [0.25, 0.3) is 0 Å². The topological polar surface area (TPSA) is 3.24 Å². The predicted molar refractivity (Wildman–Crippen MR) is 76.4 cm³/mol. The van der Waals surface area contributed by atoms with Crippen molar-refractivity contribution in [2.24, 2.45) is 0 Å². The fourth-order valence-corrected chi connectivity index (χ4v) is 3.65. The molecule has 0 bridgehead atoms. The third-order valence-corrected chi connectivity index (χ3v) is 4.72. The lowest BCUT2D eigenvalue weighted by atomic mass is 10.2. The number of unbranched alkanes of at least 4 members (excludes halogenated alkanes) is 1. The fraction of sp³-hybridized carbons (Fsp3) is 0.600. The molecule has 94 valence electrons. The predicted octanol–water partition coefficient (Wildman–Crippen LogP) is 4.39. The molecule has 0 radical (unpaired) electrons. The van der Waals surface area contributed by atoms with E-state index in [0.717, 1.165) is 0 Å². The third kappa shape index (κ3) is 4.04. The zero-order chi connectivity index (χ0) is 11.9. The lowest BCUT2D eigenvalue weighted by Gasteiger charge is -2.26. The van der Waals surface area contributed by atoms with E-state index in [1.54, 1.807) is 0 Å². The second kappa shape index (κ2) is 7.07. The molecule has 1 unspecified atom stereocenters. The van der Waals surface area contributed by atoms with Crippen LogP contribution in [0.15, 0.2) is 35.2 Å². The van der Waals surface area contributed by atoms with Gasteiger partial charge in [0.05, 0.1) is 5.37 Å². The highest BCUT2D eigenvalue weighted by Gasteiger charge is 2.22. The average molecular weight is 249 g/mol. The molecule has 0 aliphatic carbocycles. The minimum absolute atomic E-state index is 0.694. The normalized spacial score (nSPS) is 18.4. The van der Waals surface area contributed by atoms with Crippen molar-refractivity contribution in [2.45, 2.75) is 49.3 Å². The number of nitrogens with zero attached hydrogens (tertiary/aromatic N) is 1. The van der Waals surface area contributed by atoms with Gasteiger partial charge >= 0.3 is 0 Å². The molecule has 0 N–H and O–H groups in total. The van der Waals surface area contributed by atoms with Crippen LogP contribution in [0.3, 0.4) is 0 Å². The lowest BCUT2D eigenvalue weighted by Crippen LogP contribution is -2.29. The van der Waals surface area contributed by atoms with Gasteiger partial charge in [0.2, 0.25) is 0 Å². The molecule has 2 heteroatoms. The van der Waals surface area contributed by atoms with E-state index in [1.165, 1.54) is 50.1 Å². The zero-order valence-electron chi connectivity index (χ0n) is 10.8. The number of benzene rings is 1. The molecule has 1 fully saturated rings. The Morgan fingerprint density at radius 1 is 1.18 bits per heavy atom. The SMILES string of the molecule is CCCCC(Sc1ccccc1)N1CCCC1. The summed E-state index contributed by atoms with van der Waals surface area (Å²) < 4.78 is 0. The molecule has 1 aliphatic rings. The van der Waals surface area contributed by atoms with E-state index in [2.05, 4.69) is 53.9 Å². The Morgan fingerprint density at radius 3 is 2.53 bits per heavy atom. The fourth-order valence-electron chi connectivity index (χ4n) is 2.38. The molecule has 0 saturated carbocycles. The van der Waals surface area contributed by atoms with Crippen molar-refractivity contribution in [1.82, 2.24) is 4.90 Å². The van der Waals surface area contributed by atoms with Gasteiger partial charge in [-0.25, -0.2) is 0 Å². The van der Waals surface area contributed by atoms with Gasteiger partial charge < -0.3 is 0 Å². The van der Waals surface area contributed by atoms with Gasteiger partial charge in [-0.15, -0.1) is 11.8 Å². The molecule has 1 aromatic carbocycles. The van der Waals surface area contributed by atoms with E-state index in [-0.39, 0.29) is 0 Å². The first-order chi connectivity index (χ1) is 8.40. The van der Waals surface area contributed by atoms with Crippen molar-refractivity contribution in [3.63, 3.8) is 0 Å². The maximum absolute atomic E-state index is 2.67. The second-order valence-electron chi connectivity index (χ2n) is 4.77. The Kier molecular flexibility index (Phi) is 5.40. The van der Waals surface area contributed by atoms with Crippen LogP contribution >= 0.6 is 11.8 Å². The smallest absolute Gasteiger partial charge is 0.0604 e. The van der Waals surface area contributed by atoms with E-state index >= 15 is 0 Å². The van der Waals surface area contributed by atoms with Gasteiger partial charge in [-0.05, 0) is 44.5 Å². The maximum Gasteiger partial charge on any atom is 0.0604 e. The Bertz CT molecular complexity index is 306. The Balaban J connectivity index is 1.94. The lowest BCUT2D eigenvalue weighted by molar-refractivity contribution is 0.301. The minimum atomic E-state index is 0.694. The zero-order valence-corrected chi connectivity index (χ0v) is 11.6. The molecule has 1 nitrogen and oxygen atoms in total. The van der Waals surface area contributed by atoms with Crippen LogP contribution < -0.4 is 0 Å². The summed E-state index contributed by atoms with van der Waals surface area (Å²) in [5.41, 5.74) is 0. The summed E-state index contributed by atoms with van der Waals surface area (Å²) in [6.07, 6.45) is 6.76. The van der Waals surface area contributed by atoms with Gasteiger partial charge in [0, 0.05) is 4.90 Å². The summed E-state index contributed by atoms with van der Waals surface area (Å²) >= 11 is 2.05. The van der Waals surface area contributed by atoms with Crippen LogP contribution in [0, 0.1) is 0 Å². The van der Waals surface area contributed by atoms with Crippen LogP contribution in [0.1, 0.15) is 39.0 Å². The highest BCUT2D eigenvalue weighted by atomic mass is 32.2. The first-order valence-electron chi connectivity index (χ1n) is 6.86. The van der Waals surface area contributed by atoms with Crippen molar-refractivity contribution in [3.8, 4) is 0 Å². The van der Waals surface area contributed by atoms with Crippen molar-refractivity contribution < 1.29 is 0 Å². The number of thioether (sulfide) groups is 1. The van der Waals surface area contributed by atoms with Crippen molar-refractivity contribution in [1.29, 1.82) is 0 Å². The largest absolute Gasteiger partial charge is 0.291 e. The van der Waals surface area contributed by atoms with Crippen molar-refractivity contribution >= 4 is 11.8 Å². The minimum Gasteiger partial charge on any atom is -0.291 e. The highest BCUT2D eigenvalue weighted by molar-refractivity contribution is 7.99. The van der Waals surface area contributed by atoms with Crippen LogP contribution in [0.4, 0.5) is 0 Å². The monoisotopic (exact) mass is 249 g/mol. The summed E-state index contributed by atoms with van der Waals surface area (Å²) in [4.78, 5) is 4.09. The van der Waals surface area contributed by atoms with Crippen LogP contribution in [-0.2, 0) is 0 Å². The highest BCUT2D eigenvalue weighted by Crippen LogP contribution is 2.31. The molecule has 17 heavy (non-hydrogen) atoms. The van der Waals surface area contributed by atoms with Crippen LogP contribution in [-0.4, -0.2) is 23.4 Å². The second-order valence-corrected chi connectivity index (χ2v) is 6.02. The van der Waals surface area contributed by atoms with E-state index in [4.69, 9.17) is 0 Å². The van der Waals surface area contributed by atoms with Crippen LogP contribution in [0.5, 0.6) is 0 Å². The molecular formula is C15H23NS. The van der Waals surface area contributed by atoms with Crippen LogP contribution in [0.25, 0.3) is 0 Å². The summed E-state index contributed by atoms with van der Waals surface area (Å²) in [5, 5.41) is 0.694. The third-order valence-electron chi connectivity index (χ3n) is 3.37. The summed E-state index contributed by atoms with van der Waals surface area (Å²) in [6, 6.07) is 10.9. The van der Waals surface area contributed by atoms with Gasteiger partial charge in [-0.2, -0.15) is 0 Å². The molecule has 1 atom stereocenters. The molecule has 0 amide bonds. The molecule has 2 rings (SSSR count). The maximum atomic E-state index is 2.67. The molecule has 1 saturated heterocycles. The quantitative estimate of drug-likeness (QED) is 0.688. The van der Waals surface area contributed by atoms with E-state index in [1.807, 2.05) is 0 Å². The average Bonchev–Trinajstić information content (AvgIpc) is 2.89. The first kappa shape index (κ1) is 13.0. The molecule has 1 aromatic rings. The van der Waals surface area contributed by atoms with E-state index in [9.17, 15) is 0 Å². The number of hydrogen-bond donors (Lipinski definition) is 0. The molecular weight excluding hydrogens is 226 g/mol. The molecule has 1 aliphatic heterocycles. The summed E-state index contributed by atoms with van der Waals surface area (Å²) in [5.74, 6) is 0. The van der Waals surface area contributed by atoms with Crippen molar-refractivity contribution in [3.05, 3.63) is 30.3 Å². The standard InChI is InChI=1S/C15H23NS/c1-2-3-11-15(16-12-7-8-13-16)17-14-9-5-4-6-10-14/h4-6,9-10,15H,2-3,7-8,11-13H2,1H3. The first-order valence-corrected chi connectivity index (χ1v) is 7.74.